The largest absolute Gasteiger partial charge is 0.363 e. The van der Waals surface area contributed by atoms with E-state index in [-0.39, 0.29) is 0 Å². The van der Waals surface area contributed by atoms with Crippen LogP contribution in [0.4, 0.5) is 5.69 Å². The van der Waals surface area contributed by atoms with Gasteiger partial charge in [0.25, 0.3) is 0 Å². The monoisotopic (exact) mass is 220 g/mol. The summed E-state index contributed by atoms with van der Waals surface area (Å²) in [5.41, 5.74) is 4.69. The van der Waals surface area contributed by atoms with Crippen LogP contribution in [0.3, 0.4) is 0 Å². The number of nitriles is 1. The van der Waals surface area contributed by atoms with Crippen molar-refractivity contribution in [1.29, 1.82) is 5.26 Å². The number of hydrogen-bond donors (Lipinski definition) is 0. The number of rotatable bonds is 1. The summed E-state index contributed by atoms with van der Waals surface area (Å²) in [5, 5.41) is 8.77. The van der Waals surface area contributed by atoms with Crippen LogP contribution in [0.1, 0.15) is 16.7 Å². The molecular formula is C15H12N2. The Kier molecular flexibility index (Phi) is 2.31. The molecule has 82 valence electrons. The molecule has 0 aliphatic carbocycles. The van der Waals surface area contributed by atoms with E-state index in [0.29, 0.717) is 5.56 Å². The molecule has 2 aromatic rings. The van der Waals surface area contributed by atoms with Crippen molar-refractivity contribution < 1.29 is 0 Å². The number of nitrogens with zero attached hydrogens (tertiary/aromatic N) is 2. The third-order valence-corrected chi connectivity index (χ3v) is 3.20. The third kappa shape index (κ3) is 1.76. The van der Waals surface area contributed by atoms with Gasteiger partial charge in [-0.2, -0.15) is 5.26 Å². The summed E-state index contributed by atoms with van der Waals surface area (Å²) >= 11 is 0. The van der Waals surface area contributed by atoms with Crippen LogP contribution in [0.15, 0.2) is 48.5 Å². The first kappa shape index (κ1) is 9.92. The maximum Gasteiger partial charge on any atom is 0.0991 e. The van der Waals surface area contributed by atoms with Gasteiger partial charge in [0.1, 0.15) is 0 Å². The van der Waals surface area contributed by atoms with Gasteiger partial charge in [0, 0.05) is 18.8 Å². The standard InChI is InChI=1S/C15H12N2/c16-9-12-5-7-15(8-6-12)17-10-13-3-1-2-4-14(13)11-17/h1-8H,10-11H2. The molecule has 2 aromatic carbocycles. The summed E-state index contributed by atoms with van der Waals surface area (Å²) in [7, 11) is 0. The lowest BCUT2D eigenvalue weighted by molar-refractivity contribution is 0.880. The van der Waals surface area contributed by atoms with Gasteiger partial charge in [-0.15, -0.1) is 0 Å². The SMILES string of the molecule is N#Cc1ccc(N2Cc3ccccc3C2)cc1. The molecule has 17 heavy (non-hydrogen) atoms. The highest BCUT2D eigenvalue weighted by Crippen LogP contribution is 2.27. The minimum absolute atomic E-state index is 0.713. The number of anilines is 1. The van der Waals surface area contributed by atoms with Gasteiger partial charge in [-0.3, -0.25) is 0 Å². The van der Waals surface area contributed by atoms with E-state index in [1.165, 1.54) is 16.8 Å². The summed E-state index contributed by atoms with van der Waals surface area (Å²) in [6.07, 6.45) is 0. The van der Waals surface area contributed by atoms with Crippen LogP contribution in [0.2, 0.25) is 0 Å². The van der Waals surface area contributed by atoms with Gasteiger partial charge in [-0.05, 0) is 35.4 Å². The second kappa shape index (κ2) is 3.95. The number of fused-ring (bicyclic) bond motifs is 1. The maximum atomic E-state index is 8.77. The van der Waals surface area contributed by atoms with E-state index < -0.39 is 0 Å². The second-order valence-electron chi connectivity index (χ2n) is 4.28. The molecule has 2 nitrogen and oxygen atoms in total. The molecule has 1 heterocycles. The average Bonchev–Trinajstić information content (AvgIpc) is 2.82. The van der Waals surface area contributed by atoms with E-state index >= 15 is 0 Å². The molecular weight excluding hydrogens is 208 g/mol. The van der Waals surface area contributed by atoms with E-state index in [0.717, 1.165) is 13.1 Å². The first-order chi connectivity index (χ1) is 8.36. The number of hydrogen-bond acceptors (Lipinski definition) is 2. The summed E-state index contributed by atoms with van der Waals surface area (Å²) < 4.78 is 0. The Hall–Kier alpha value is -2.27. The van der Waals surface area contributed by atoms with Gasteiger partial charge in [-0.25, -0.2) is 0 Å². The minimum atomic E-state index is 0.713. The van der Waals surface area contributed by atoms with Crippen molar-refractivity contribution in [3.05, 3.63) is 65.2 Å². The average molecular weight is 220 g/mol. The molecule has 0 saturated heterocycles. The number of benzene rings is 2. The van der Waals surface area contributed by atoms with Gasteiger partial charge < -0.3 is 4.90 Å². The summed E-state index contributed by atoms with van der Waals surface area (Å²) in [5.74, 6) is 0. The van der Waals surface area contributed by atoms with Crippen molar-refractivity contribution in [3.8, 4) is 6.07 Å². The van der Waals surface area contributed by atoms with Gasteiger partial charge in [0.15, 0.2) is 0 Å². The zero-order valence-corrected chi connectivity index (χ0v) is 9.43. The Balaban J connectivity index is 1.87. The second-order valence-corrected chi connectivity index (χ2v) is 4.28. The van der Waals surface area contributed by atoms with Crippen LogP contribution in [0.5, 0.6) is 0 Å². The summed E-state index contributed by atoms with van der Waals surface area (Å²) in [6, 6.07) is 18.5. The molecule has 0 atom stereocenters. The zero-order valence-electron chi connectivity index (χ0n) is 9.43. The topological polar surface area (TPSA) is 27.0 Å². The lowest BCUT2D eigenvalue weighted by Crippen LogP contribution is -2.14. The molecule has 2 heteroatoms. The molecule has 0 fully saturated rings. The zero-order chi connectivity index (χ0) is 11.7. The predicted molar refractivity (Wildman–Crippen MR) is 67.5 cm³/mol. The molecule has 0 bridgehead atoms. The fourth-order valence-corrected chi connectivity index (χ4v) is 2.26. The van der Waals surface area contributed by atoms with E-state index in [9.17, 15) is 0 Å². The highest BCUT2D eigenvalue weighted by Gasteiger charge is 2.18. The normalized spacial score (nSPS) is 13.2. The predicted octanol–water partition coefficient (Wildman–Crippen LogP) is 3.08. The highest BCUT2D eigenvalue weighted by molar-refractivity contribution is 5.53. The van der Waals surface area contributed by atoms with E-state index in [4.69, 9.17) is 5.26 Å². The highest BCUT2D eigenvalue weighted by atomic mass is 15.1. The van der Waals surface area contributed by atoms with Crippen LogP contribution in [0, 0.1) is 11.3 Å². The van der Waals surface area contributed by atoms with Crippen molar-refractivity contribution in [2.75, 3.05) is 4.90 Å². The third-order valence-electron chi connectivity index (χ3n) is 3.20. The Labute approximate surface area is 101 Å². The van der Waals surface area contributed by atoms with E-state index in [1.54, 1.807) is 0 Å². The molecule has 0 radical (unpaired) electrons. The van der Waals surface area contributed by atoms with E-state index in [1.807, 2.05) is 24.3 Å². The van der Waals surface area contributed by atoms with Gasteiger partial charge >= 0.3 is 0 Å². The fraction of sp³-hybridized carbons (Fsp3) is 0.133. The molecule has 0 N–H and O–H groups in total. The van der Waals surface area contributed by atoms with Crippen LogP contribution < -0.4 is 4.90 Å². The van der Waals surface area contributed by atoms with Crippen molar-refractivity contribution in [2.24, 2.45) is 0 Å². The molecule has 1 aliphatic rings. The van der Waals surface area contributed by atoms with Crippen LogP contribution in [0.25, 0.3) is 0 Å². The van der Waals surface area contributed by atoms with Gasteiger partial charge in [0.05, 0.1) is 11.6 Å². The Morgan fingerprint density at radius 3 is 2.00 bits per heavy atom. The lowest BCUT2D eigenvalue weighted by atomic mass is 10.1. The Morgan fingerprint density at radius 1 is 0.882 bits per heavy atom. The first-order valence-corrected chi connectivity index (χ1v) is 5.69. The first-order valence-electron chi connectivity index (χ1n) is 5.69. The Bertz CT molecular complexity index is 554. The van der Waals surface area contributed by atoms with Crippen LogP contribution in [-0.2, 0) is 13.1 Å². The molecule has 1 aliphatic heterocycles. The van der Waals surface area contributed by atoms with Crippen LogP contribution >= 0.6 is 0 Å². The molecule has 0 spiro atoms. The molecule has 0 unspecified atom stereocenters. The molecule has 3 rings (SSSR count). The van der Waals surface area contributed by atoms with Crippen LogP contribution in [-0.4, -0.2) is 0 Å². The lowest BCUT2D eigenvalue weighted by Gasteiger charge is -2.17. The maximum absolute atomic E-state index is 8.77. The van der Waals surface area contributed by atoms with Gasteiger partial charge in [0.2, 0.25) is 0 Å². The van der Waals surface area contributed by atoms with E-state index in [2.05, 4.69) is 35.2 Å². The minimum Gasteiger partial charge on any atom is -0.363 e. The Morgan fingerprint density at radius 2 is 1.47 bits per heavy atom. The quantitative estimate of drug-likeness (QED) is 0.738. The molecule has 0 aromatic heterocycles. The smallest absolute Gasteiger partial charge is 0.0991 e. The van der Waals surface area contributed by atoms with Crippen molar-refractivity contribution in [1.82, 2.24) is 0 Å². The summed E-state index contributed by atoms with van der Waals surface area (Å²) in [6.45, 7) is 1.92. The fourth-order valence-electron chi connectivity index (χ4n) is 2.26. The van der Waals surface area contributed by atoms with Crippen molar-refractivity contribution >= 4 is 5.69 Å². The molecule has 0 saturated carbocycles. The summed E-state index contributed by atoms with van der Waals surface area (Å²) in [4.78, 5) is 2.33. The van der Waals surface area contributed by atoms with Gasteiger partial charge in [-0.1, -0.05) is 24.3 Å². The van der Waals surface area contributed by atoms with Crippen molar-refractivity contribution in [3.63, 3.8) is 0 Å². The van der Waals surface area contributed by atoms with Crippen molar-refractivity contribution in [2.45, 2.75) is 13.1 Å². The molecule has 0 amide bonds.